The van der Waals surface area contributed by atoms with Crippen LogP contribution in [0.25, 0.3) is 11.3 Å². The highest BCUT2D eigenvalue weighted by Crippen LogP contribution is 2.62. The Morgan fingerprint density at radius 2 is 1.79 bits per heavy atom. The van der Waals surface area contributed by atoms with E-state index in [2.05, 4.69) is 28.5 Å². The van der Waals surface area contributed by atoms with Gasteiger partial charge in [0.25, 0.3) is 15.9 Å². The van der Waals surface area contributed by atoms with Crippen LogP contribution in [-0.4, -0.2) is 54.2 Å². The highest BCUT2D eigenvalue weighted by atomic mass is 32.2. The number of anilines is 1. The van der Waals surface area contributed by atoms with Gasteiger partial charge >= 0.3 is 0 Å². The van der Waals surface area contributed by atoms with Crippen molar-refractivity contribution in [2.75, 3.05) is 11.3 Å². The molecule has 220 valence electrons. The third-order valence-corrected chi connectivity index (χ3v) is 10.2. The van der Waals surface area contributed by atoms with Crippen LogP contribution in [0.4, 0.5) is 5.95 Å². The predicted octanol–water partition coefficient (Wildman–Crippen LogP) is 5.57. The lowest BCUT2D eigenvalue weighted by molar-refractivity contribution is 0.00910. The molecule has 6 rings (SSSR count). The highest BCUT2D eigenvalue weighted by Gasteiger charge is 2.56. The summed E-state index contributed by atoms with van der Waals surface area (Å²) in [6.07, 6.45) is 5.55. The molecule has 2 aliphatic carbocycles. The number of benzene rings is 2. The third kappa shape index (κ3) is 5.17. The summed E-state index contributed by atoms with van der Waals surface area (Å²) in [6.45, 7) is 8.12. The van der Waals surface area contributed by atoms with E-state index in [0.29, 0.717) is 29.2 Å². The van der Waals surface area contributed by atoms with Gasteiger partial charge in [-0.25, -0.2) is 18.1 Å². The minimum absolute atomic E-state index is 0.0188. The third-order valence-electron chi connectivity index (χ3n) is 8.83. The molecule has 2 heterocycles. The summed E-state index contributed by atoms with van der Waals surface area (Å²) in [4.78, 5) is 37.5. The monoisotopic (exact) mass is 588 g/mol. The van der Waals surface area contributed by atoms with E-state index >= 15 is 0 Å². The van der Waals surface area contributed by atoms with Gasteiger partial charge in [-0.2, -0.15) is 4.98 Å². The SMILES string of the molecule is Cc1cccc(C)c1-c1nc2nc(c1C=O)OC[C@@H](CC(C)C)N(C1CC3(CC3)C1)C(=O)c1cccc(c1)S(=O)(=O)N2. The molecule has 1 N–H and O–H groups in total. The number of aromatic nitrogens is 2. The van der Waals surface area contributed by atoms with Crippen LogP contribution in [0.2, 0.25) is 0 Å². The first-order valence-corrected chi connectivity index (χ1v) is 16.0. The fraction of sp³-hybridized carbons (Fsp3) is 0.438. The van der Waals surface area contributed by atoms with Crippen molar-refractivity contribution in [3.05, 3.63) is 64.7 Å². The maximum absolute atomic E-state index is 14.2. The summed E-state index contributed by atoms with van der Waals surface area (Å²) in [5, 5.41) is 0. The first-order chi connectivity index (χ1) is 20.0. The second kappa shape index (κ2) is 10.5. The Bertz CT molecular complexity index is 1650. The van der Waals surface area contributed by atoms with Gasteiger partial charge in [-0.05, 0) is 86.6 Å². The highest BCUT2D eigenvalue weighted by molar-refractivity contribution is 7.92. The predicted molar refractivity (Wildman–Crippen MR) is 159 cm³/mol. The zero-order chi connectivity index (χ0) is 29.8. The van der Waals surface area contributed by atoms with Gasteiger partial charge in [-0.3, -0.25) is 9.59 Å². The van der Waals surface area contributed by atoms with E-state index in [1.165, 1.54) is 25.0 Å². The maximum atomic E-state index is 14.2. The molecular weight excluding hydrogens is 552 g/mol. The number of fused-ring (bicyclic) bond motifs is 4. The van der Waals surface area contributed by atoms with Crippen molar-refractivity contribution in [1.29, 1.82) is 0 Å². The average molecular weight is 589 g/mol. The zero-order valence-corrected chi connectivity index (χ0v) is 25.2. The summed E-state index contributed by atoms with van der Waals surface area (Å²) in [5.74, 6) is -0.193. The quantitative estimate of drug-likeness (QED) is 0.387. The minimum atomic E-state index is -4.18. The first kappa shape index (κ1) is 28.3. The number of hydrogen-bond donors (Lipinski definition) is 1. The molecule has 3 aromatic rings. The summed E-state index contributed by atoms with van der Waals surface area (Å²) in [6, 6.07) is 11.6. The van der Waals surface area contributed by atoms with Crippen LogP contribution in [0.5, 0.6) is 5.88 Å². The molecule has 2 aromatic carbocycles. The summed E-state index contributed by atoms with van der Waals surface area (Å²) >= 11 is 0. The Kier molecular flexibility index (Phi) is 7.07. The topological polar surface area (TPSA) is 119 Å². The van der Waals surface area contributed by atoms with E-state index in [0.717, 1.165) is 24.0 Å². The van der Waals surface area contributed by atoms with E-state index in [1.807, 2.05) is 36.9 Å². The molecule has 3 aliphatic rings. The number of hydrogen-bond acceptors (Lipinski definition) is 7. The van der Waals surface area contributed by atoms with Crippen LogP contribution in [0, 0.1) is 25.2 Å². The van der Waals surface area contributed by atoms with Crippen LogP contribution >= 0.6 is 0 Å². The maximum Gasteiger partial charge on any atom is 0.264 e. The molecule has 4 bridgehead atoms. The summed E-state index contributed by atoms with van der Waals surface area (Å²) < 4.78 is 35.9. The van der Waals surface area contributed by atoms with Crippen molar-refractivity contribution in [1.82, 2.24) is 14.9 Å². The van der Waals surface area contributed by atoms with Gasteiger partial charge in [0, 0.05) is 17.2 Å². The lowest BCUT2D eigenvalue weighted by Gasteiger charge is -2.47. The smallest absolute Gasteiger partial charge is 0.264 e. The van der Waals surface area contributed by atoms with E-state index in [4.69, 9.17) is 4.74 Å². The van der Waals surface area contributed by atoms with Crippen LogP contribution in [-0.2, 0) is 10.0 Å². The Morgan fingerprint density at radius 3 is 2.43 bits per heavy atom. The largest absolute Gasteiger partial charge is 0.475 e. The lowest BCUT2D eigenvalue weighted by atomic mass is 9.75. The molecule has 0 radical (unpaired) electrons. The van der Waals surface area contributed by atoms with Gasteiger partial charge in [0.05, 0.1) is 16.6 Å². The van der Waals surface area contributed by atoms with E-state index in [1.54, 1.807) is 12.1 Å². The van der Waals surface area contributed by atoms with Crippen molar-refractivity contribution in [2.45, 2.75) is 76.8 Å². The van der Waals surface area contributed by atoms with Gasteiger partial charge in [0.15, 0.2) is 6.29 Å². The van der Waals surface area contributed by atoms with Gasteiger partial charge in [-0.1, -0.05) is 38.1 Å². The molecule has 9 nitrogen and oxygen atoms in total. The Hall–Kier alpha value is -3.79. The number of aryl methyl sites for hydroxylation is 2. The number of ether oxygens (including phenoxy) is 1. The lowest BCUT2D eigenvalue weighted by Crippen LogP contribution is -2.55. The number of nitrogens with one attached hydrogen (secondary N) is 1. The van der Waals surface area contributed by atoms with Crippen LogP contribution in [0.1, 0.15) is 77.8 Å². The van der Waals surface area contributed by atoms with E-state index in [9.17, 15) is 18.0 Å². The van der Waals surface area contributed by atoms with Crippen molar-refractivity contribution >= 4 is 28.2 Å². The molecule has 1 atom stereocenters. The number of carbonyl (C=O) groups is 2. The van der Waals surface area contributed by atoms with Crippen molar-refractivity contribution in [3.8, 4) is 17.1 Å². The fourth-order valence-electron chi connectivity index (χ4n) is 6.55. The van der Waals surface area contributed by atoms with Crippen molar-refractivity contribution in [2.24, 2.45) is 11.3 Å². The molecular formula is C32H36N4O5S. The fourth-order valence-corrected chi connectivity index (χ4v) is 7.54. The molecule has 2 fully saturated rings. The van der Waals surface area contributed by atoms with Gasteiger partial charge in [0.1, 0.15) is 12.2 Å². The van der Waals surface area contributed by atoms with E-state index < -0.39 is 10.0 Å². The summed E-state index contributed by atoms with van der Waals surface area (Å²) in [7, 11) is -4.18. The normalized spacial score (nSPS) is 20.9. The molecule has 1 aromatic heterocycles. The van der Waals surface area contributed by atoms with Gasteiger partial charge in [0.2, 0.25) is 11.8 Å². The Morgan fingerprint density at radius 1 is 1.10 bits per heavy atom. The molecule has 10 heteroatoms. The zero-order valence-electron chi connectivity index (χ0n) is 24.4. The Balaban J connectivity index is 1.53. The van der Waals surface area contributed by atoms with Crippen molar-refractivity contribution < 1.29 is 22.7 Å². The number of amides is 1. The molecule has 1 amide bonds. The van der Waals surface area contributed by atoms with Crippen LogP contribution < -0.4 is 9.46 Å². The molecule has 1 spiro atoms. The molecule has 42 heavy (non-hydrogen) atoms. The second-order valence-electron chi connectivity index (χ2n) is 12.5. The number of sulfonamides is 1. The molecule has 0 saturated heterocycles. The first-order valence-electron chi connectivity index (χ1n) is 14.5. The summed E-state index contributed by atoms with van der Waals surface area (Å²) in [5.41, 5.74) is 3.52. The van der Waals surface area contributed by atoms with Crippen LogP contribution in [0.3, 0.4) is 0 Å². The van der Waals surface area contributed by atoms with E-state index in [-0.39, 0.29) is 58.5 Å². The number of rotatable bonds is 5. The standard InChI is InChI=1S/C32H36N4O5S/c1-19(2)13-23-18-41-29-26(17-37)28(27-20(3)7-5-8-21(27)4)33-31(34-29)35-42(39,40)25-10-6-9-22(14-25)30(38)36(23)24-15-32(16-24)11-12-32/h5-10,14,17,19,23-24H,11-13,15-16,18H2,1-4H3,(H,33,34,35)/t23-/m1/s1. The minimum Gasteiger partial charge on any atom is -0.475 e. The van der Waals surface area contributed by atoms with Crippen molar-refractivity contribution in [3.63, 3.8) is 0 Å². The number of aldehydes is 1. The number of carbonyl (C=O) groups excluding carboxylic acids is 2. The molecule has 1 aliphatic heterocycles. The van der Waals surface area contributed by atoms with Crippen LogP contribution in [0.15, 0.2) is 47.4 Å². The Labute approximate surface area is 246 Å². The second-order valence-corrected chi connectivity index (χ2v) is 14.2. The number of nitrogens with zero attached hydrogens (tertiary/aromatic N) is 3. The van der Waals surface area contributed by atoms with Gasteiger partial charge in [-0.15, -0.1) is 0 Å². The van der Waals surface area contributed by atoms with Gasteiger partial charge < -0.3 is 9.64 Å². The molecule has 0 unspecified atom stereocenters. The average Bonchev–Trinajstić information content (AvgIpc) is 3.72. The molecule has 2 saturated carbocycles.